The van der Waals surface area contributed by atoms with Gasteiger partial charge in [-0.1, -0.05) is 31.5 Å². The second-order valence-corrected chi connectivity index (χ2v) is 7.61. The summed E-state index contributed by atoms with van der Waals surface area (Å²) in [6.45, 7) is 6.94. The molecule has 32 heavy (non-hydrogen) atoms. The predicted octanol–water partition coefficient (Wildman–Crippen LogP) is 4.73. The first-order chi connectivity index (χ1) is 15.4. The third kappa shape index (κ3) is 8.71. The first-order valence-corrected chi connectivity index (χ1v) is 10.8. The number of hydrogen-bond donors (Lipinski definition) is 3. The van der Waals surface area contributed by atoms with E-state index in [0.29, 0.717) is 30.3 Å². The topological polar surface area (TPSA) is 88.7 Å². The summed E-state index contributed by atoms with van der Waals surface area (Å²) in [6, 6.07) is 12.7. The number of rotatable bonds is 11. The van der Waals surface area contributed by atoms with Gasteiger partial charge in [-0.15, -0.1) is 0 Å². The van der Waals surface area contributed by atoms with Crippen LogP contribution in [-0.4, -0.2) is 31.7 Å². The maximum Gasteiger partial charge on any atom is 0.319 e. The highest BCUT2D eigenvalue weighted by Crippen LogP contribution is 2.28. The first-order valence-electron chi connectivity index (χ1n) is 10.8. The smallest absolute Gasteiger partial charge is 0.319 e. The Kier molecular flexibility index (Phi) is 10.1. The number of methoxy groups -OCH3 is 1. The van der Waals surface area contributed by atoms with Crippen LogP contribution in [0.2, 0.25) is 0 Å². The molecule has 0 radical (unpaired) electrons. The van der Waals surface area contributed by atoms with Gasteiger partial charge in [0.1, 0.15) is 0 Å². The average Bonchev–Trinajstić information content (AvgIpc) is 2.77. The molecule has 2 rings (SSSR count). The molecule has 7 heteroatoms. The molecule has 0 atom stereocenters. The van der Waals surface area contributed by atoms with E-state index < -0.39 is 0 Å². The van der Waals surface area contributed by atoms with Crippen LogP contribution in [0.5, 0.6) is 11.5 Å². The zero-order valence-electron chi connectivity index (χ0n) is 19.2. The van der Waals surface area contributed by atoms with Crippen LogP contribution in [0, 0.1) is 0 Å². The van der Waals surface area contributed by atoms with E-state index >= 15 is 0 Å². The number of ether oxygens (including phenoxy) is 2. The number of amides is 3. The van der Waals surface area contributed by atoms with Crippen molar-refractivity contribution in [3.8, 4) is 11.5 Å². The lowest BCUT2D eigenvalue weighted by Crippen LogP contribution is -2.34. The Bertz CT molecular complexity index is 908. The number of unbranched alkanes of at least 4 members (excludes halogenated alkanes) is 1. The van der Waals surface area contributed by atoms with E-state index in [9.17, 15) is 9.59 Å². The van der Waals surface area contributed by atoms with Gasteiger partial charge in [0.2, 0.25) is 5.91 Å². The number of benzene rings is 2. The molecule has 3 N–H and O–H groups in total. The van der Waals surface area contributed by atoms with Gasteiger partial charge in [0.05, 0.1) is 13.7 Å². The summed E-state index contributed by atoms with van der Waals surface area (Å²) in [7, 11) is 1.60. The largest absolute Gasteiger partial charge is 0.493 e. The fourth-order valence-electron chi connectivity index (χ4n) is 2.79. The van der Waals surface area contributed by atoms with Crippen molar-refractivity contribution in [2.45, 2.75) is 46.2 Å². The molecule has 0 heterocycles. The van der Waals surface area contributed by atoms with Crippen molar-refractivity contribution in [2.24, 2.45) is 0 Å². The van der Waals surface area contributed by atoms with Gasteiger partial charge in [-0.25, -0.2) is 4.79 Å². The average molecular weight is 440 g/mol. The van der Waals surface area contributed by atoms with E-state index in [1.165, 1.54) is 6.08 Å². The summed E-state index contributed by atoms with van der Waals surface area (Å²) < 4.78 is 11.1. The highest BCUT2D eigenvalue weighted by atomic mass is 16.5. The number of urea groups is 1. The Morgan fingerprint density at radius 3 is 2.47 bits per heavy atom. The molecule has 0 aliphatic rings. The normalized spacial score (nSPS) is 10.8. The van der Waals surface area contributed by atoms with Gasteiger partial charge >= 0.3 is 6.03 Å². The van der Waals surface area contributed by atoms with E-state index in [2.05, 4.69) is 22.9 Å². The minimum atomic E-state index is -0.247. The molecule has 0 aliphatic heterocycles. The summed E-state index contributed by atoms with van der Waals surface area (Å²) in [5.74, 6) is 1.13. The third-order valence-corrected chi connectivity index (χ3v) is 4.47. The molecular formula is C25H33N3O4. The first kappa shape index (κ1) is 24.8. The van der Waals surface area contributed by atoms with E-state index in [1.807, 2.05) is 44.2 Å². The Morgan fingerprint density at radius 2 is 1.81 bits per heavy atom. The number of hydrogen-bond acceptors (Lipinski definition) is 4. The summed E-state index contributed by atoms with van der Waals surface area (Å²) in [4.78, 5) is 23.9. The molecule has 2 aromatic carbocycles. The van der Waals surface area contributed by atoms with Crippen molar-refractivity contribution in [3.63, 3.8) is 0 Å². The Hall–Kier alpha value is -3.48. The van der Waals surface area contributed by atoms with Crippen LogP contribution in [0.15, 0.2) is 48.5 Å². The van der Waals surface area contributed by atoms with Crippen molar-refractivity contribution in [3.05, 3.63) is 59.7 Å². The van der Waals surface area contributed by atoms with Crippen LogP contribution < -0.4 is 25.4 Å². The molecule has 172 valence electrons. The van der Waals surface area contributed by atoms with Gasteiger partial charge in [0, 0.05) is 24.4 Å². The number of nitrogens with one attached hydrogen (secondary N) is 3. The molecule has 0 bridgehead atoms. The van der Waals surface area contributed by atoms with E-state index in [-0.39, 0.29) is 18.0 Å². The predicted molar refractivity (Wildman–Crippen MR) is 128 cm³/mol. The Labute approximate surface area is 190 Å². The van der Waals surface area contributed by atoms with Crippen LogP contribution in [-0.2, 0) is 11.3 Å². The molecule has 7 nitrogen and oxygen atoms in total. The van der Waals surface area contributed by atoms with Gasteiger partial charge in [-0.05, 0) is 61.7 Å². The molecule has 0 unspecified atom stereocenters. The Balaban J connectivity index is 1.85. The summed E-state index contributed by atoms with van der Waals surface area (Å²) >= 11 is 0. The lowest BCUT2D eigenvalue weighted by atomic mass is 10.2. The van der Waals surface area contributed by atoms with Crippen molar-refractivity contribution in [2.75, 3.05) is 19.0 Å². The second kappa shape index (κ2) is 13.0. The van der Waals surface area contributed by atoms with E-state index in [1.54, 1.807) is 25.3 Å². The van der Waals surface area contributed by atoms with Crippen molar-refractivity contribution >= 4 is 23.7 Å². The molecule has 0 saturated heterocycles. The third-order valence-electron chi connectivity index (χ3n) is 4.47. The van der Waals surface area contributed by atoms with Crippen LogP contribution in [0.1, 0.15) is 44.7 Å². The van der Waals surface area contributed by atoms with Crippen LogP contribution in [0.25, 0.3) is 6.08 Å². The number of anilines is 1. The lowest BCUT2D eigenvalue weighted by Gasteiger charge is -2.11. The minimum Gasteiger partial charge on any atom is -0.493 e. The molecule has 2 aromatic rings. The molecule has 0 fully saturated rings. The lowest BCUT2D eigenvalue weighted by molar-refractivity contribution is -0.116. The molecule has 0 aliphatic carbocycles. The standard InChI is InChI=1S/C25H33N3O4/c1-5-6-15-32-22-13-9-19(16-23(22)31-4)10-14-24(29)26-17-20-7-11-21(12-8-20)28-25(30)27-18(2)3/h7-14,16,18H,5-6,15,17H2,1-4H3,(H,26,29)(H2,27,28,30)/b14-10+. The minimum absolute atomic E-state index is 0.0655. The Morgan fingerprint density at radius 1 is 1.06 bits per heavy atom. The SMILES string of the molecule is CCCCOc1ccc(/C=C/C(=O)NCc2ccc(NC(=O)NC(C)C)cc2)cc1OC. The number of carbonyl (C=O) groups excluding carboxylic acids is 2. The van der Waals surface area contributed by atoms with E-state index in [0.717, 1.165) is 24.0 Å². The zero-order valence-corrected chi connectivity index (χ0v) is 19.2. The van der Waals surface area contributed by atoms with Crippen LogP contribution >= 0.6 is 0 Å². The van der Waals surface area contributed by atoms with Crippen LogP contribution in [0.4, 0.5) is 10.5 Å². The maximum absolute atomic E-state index is 12.2. The highest BCUT2D eigenvalue weighted by molar-refractivity contribution is 5.92. The second-order valence-electron chi connectivity index (χ2n) is 7.61. The van der Waals surface area contributed by atoms with Gasteiger partial charge in [0.15, 0.2) is 11.5 Å². The molecule has 0 spiro atoms. The maximum atomic E-state index is 12.2. The monoisotopic (exact) mass is 439 g/mol. The van der Waals surface area contributed by atoms with Crippen LogP contribution in [0.3, 0.4) is 0 Å². The molecule has 3 amide bonds. The summed E-state index contributed by atoms with van der Waals surface area (Å²) in [5.41, 5.74) is 2.46. The highest BCUT2D eigenvalue weighted by Gasteiger charge is 2.06. The molecule has 0 saturated carbocycles. The van der Waals surface area contributed by atoms with Crippen molar-refractivity contribution in [1.29, 1.82) is 0 Å². The molecular weight excluding hydrogens is 406 g/mol. The van der Waals surface area contributed by atoms with Crippen molar-refractivity contribution < 1.29 is 19.1 Å². The molecule has 0 aromatic heterocycles. The van der Waals surface area contributed by atoms with Gasteiger partial charge in [-0.2, -0.15) is 0 Å². The van der Waals surface area contributed by atoms with Gasteiger partial charge in [0.25, 0.3) is 0 Å². The number of carbonyl (C=O) groups is 2. The zero-order chi connectivity index (χ0) is 23.3. The van der Waals surface area contributed by atoms with E-state index in [4.69, 9.17) is 9.47 Å². The van der Waals surface area contributed by atoms with Gasteiger partial charge < -0.3 is 25.4 Å². The quantitative estimate of drug-likeness (QED) is 0.349. The van der Waals surface area contributed by atoms with Crippen molar-refractivity contribution in [1.82, 2.24) is 10.6 Å². The fraction of sp³-hybridized carbons (Fsp3) is 0.360. The summed E-state index contributed by atoms with van der Waals surface area (Å²) in [5, 5.41) is 8.38. The summed E-state index contributed by atoms with van der Waals surface area (Å²) in [6.07, 6.45) is 5.26. The van der Waals surface area contributed by atoms with Gasteiger partial charge in [-0.3, -0.25) is 4.79 Å². The fourth-order valence-corrected chi connectivity index (χ4v) is 2.79.